The average molecular weight is 251 g/mol. The van der Waals surface area contributed by atoms with Crippen LogP contribution in [0.1, 0.15) is 15.9 Å². The predicted octanol–water partition coefficient (Wildman–Crippen LogP) is 1.79. The molecule has 0 atom stereocenters. The van der Waals surface area contributed by atoms with E-state index in [0.29, 0.717) is 5.82 Å². The molecule has 0 radical (unpaired) electrons. The lowest BCUT2D eigenvalue weighted by molar-refractivity contribution is 0.102. The first-order valence-corrected chi connectivity index (χ1v) is 4.97. The highest BCUT2D eigenvalue weighted by molar-refractivity contribution is 6.32. The summed E-state index contributed by atoms with van der Waals surface area (Å²) < 4.78 is 6.20. The number of amides is 1. The minimum atomic E-state index is -0.455. The molecule has 0 aliphatic carbocycles. The Labute approximate surface area is 101 Å². The molecule has 0 saturated heterocycles. The van der Waals surface area contributed by atoms with Gasteiger partial charge in [-0.25, -0.2) is 0 Å². The van der Waals surface area contributed by atoms with E-state index in [0.717, 1.165) is 0 Å². The molecular formula is C10H7ClN4O2. The minimum absolute atomic E-state index is 0.00294. The molecule has 0 aliphatic rings. The van der Waals surface area contributed by atoms with Crippen LogP contribution >= 0.6 is 11.6 Å². The Hall–Kier alpha value is -2.26. The SMILES string of the molecule is Cn1ncc(C#N)c1NC(=O)c1ccoc1Cl. The van der Waals surface area contributed by atoms with Crippen LogP contribution < -0.4 is 5.32 Å². The van der Waals surface area contributed by atoms with Crippen LogP contribution in [-0.2, 0) is 7.05 Å². The second-order valence-electron chi connectivity index (χ2n) is 3.20. The van der Waals surface area contributed by atoms with Crippen LogP contribution in [0.15, 0.2) is 22.9 Å². The zero-order valence-electron chi connectivity index (χ0n) is 8.77. The van der Waals surface area contributed by atoms with Crippen molar-refractivity contribution in [2.75, 3.05) is 5.32 Å². The first-order valence-electron chi connectivity index (χ1n) is 4.60. The minimum Gasteiger partial charge on any atom is -0.452 e. The lowest BCUT2D eigenvalue weighted by Gasteiger charge is -2.04. The van der Waals surface area contributed by atoms with Gasteiger partial charge in [-0.1, -0.05) is 0 Å². The lowest BCUT2D eigenvalue weighted by atomic mass is 10.3. The van der Waals surface area contributed by atoms with Crippen LogP contribution in [0.5, 0.6) is 0 Å². The Morgan fingerprint density at radius 3 is 3.06 bits per heavy atom. The van der Waals surface area contributed by atoms with Crippen LogP contribution in [0.2, 0.25) is 5.22 Å². The molecule has 7 heteroatoms. The van der Waals surface area contributed by atoms with Crippen molar-refractivity contribution in [2.45, 2.75) is 0 Å². The molecule has 0 fully saturated rings. The van der Waals surface area contributed by atoms with Crippen molar-refractivity contribution in [3.05, 3.63) is 34.9 Å². The van der Waals surface area contributed by atoms with E-state index in [2.05, 4.69) is 10.4 Å². The molecule has 2 aromatic heterocycles. The molecule has 0 saturated carbocycles. The highest BCUT2D eigenvalue weighted by Crippen LogP contribution is 2.19. The Morgan fingerprint density at radius 2 is 2.47 bits per heavy atom. The van der Waals surface area contributed by atoms with Gasteiger partial charge in [-0.05, 0) is 17.7 Å². The fraction of sp³-hybridized carbons (Fsp3) is 0.100. The number of carbonyl (C=O) groups excluding carboxylic acids is 1. The summed E-state index contributed by atoms with van der Waals surface area (Å²) in [7, 11) is 1.62. The number of anilines is 1. The summed E-state index contributed by atoms with van der Waals surface area (Å²) in [6.45, 7) is 0. The normalized spacial score (nSPS) is 9.94. The maximum atomic E-state index is 11.8. The highest BCUT2D eigenvalue weighted by Gasteiger charge is 2.16. The topological polar surface area (TPSA) is 83.9 Å². The molecule has 86 valence electrons. The van der Waals surface area contributed by atoms with Crippen LogP contribution in [0.3, 0.4) is 0 Å². The summed E-state index contributed by atoms with van der Waals surface area (Å²) in [5.41, 5.74) is 0.484. The number of hydrogen-bond acceptors (Lipinski definition) is 4. The van der Waals surface area contributed by atoms with Gasteiger partial charge in [0.15, 0.2) is 0 Å². The lowest BCUT2D eigenvalue weighted by Crippen LogP contribution is -2.15. The molecule has 0 spiro atoms. The Bertz CT molecular complexity index is 608. The van der Waals surface area contributed by atoms with Gasteiger partial charge in [0.1, 0.15) is 17.5 Å². The van der Waals surface area contributed by atoms with Crippen molar-refractivity contribution in [3.8, 4) is 6.07 Å². The summed E-state index contributed by atoms with van der Waals surface area (Å²) in [6.07, 6.45) is 2.68. The largest absolute Gasteiger partial charge is 0.452 e. The van der Waals surface area contributed by atoms with Gasteiger partial charge in [-0.3, -0.25) is 9.48 Å². The monoisotopic (exact) mass is 250 g/mol. The van der Waals surface area contributed by atoms with Crippen LogP contribution in [0.25, 0.3) is 0 Å². The highest BCUT2D eigenvalue weighted by atomic mass is 35.5. The first kappa shape index (κ1) is 11.2. The molecule has 2 heterocycles. The third kappa shape index (κ3) is 2.00. The van der Waals surface area contributed by atoms with Gasteiger partial charge in [0, 0.05) is 7.05 Å². The Kier molecular flexibility index (Phi) is 2.85. The molecule has 2 aromatic rings. The summed E-state index contributed by atoms with van der Waals surface area (Å²) in [4.78, 5) is 11.8. The van der Waals surface area contributed by atoms with E-state index in [1.807, 2.05) is 6.07 Å². The van der Waals surface area contributed by atoms with Gasteiger partial charge < -0.3 is 9.73 Å². The van der Waals surface area contributed by atoms with E-state index < -0.39 is 5.91 Å². The standard InChI is InChI=1S/C10H7ClN4O2/c1-15-9(6(4-12)5-13-15)14-10(16)7-2-3-17-8(7)11/h2-3,5H,1H3,(H,14,16). The van der Waals surface area contributed by atoms with E-state index in [9.17, 15) is 4.79 Å². The number of halogens is 1. The fourth-order valence-electron chi connectivity index (χ4n) is 1.30. The number of aromatic nitrogens is 2. The van der Waals surface area contributed by atoms with Crippen molar-refractivity contribution < 1.29 is 9.21 Å². The molecule has 17 heavy (non-hydrogen) atoms. The molecule has 0 unspecified atom stereocenters. The number of aryl methyl sites for hydroxylation is 1. The van der Waals surface area contributed by atoms with Gasteiger partial charge in [0.25, 0.3) is 5.91 Å². The third-order valence-electron chi connectivity index (χ3n) is 2.15. The van der Waals surface area contributed by atoms with Crippen LogP contribution in [0.4, 0.5) is 5.82 Å². The maximum Gasteiger partial charge on any atom is 0.261 e. The number of rotatable bonds is 2. The average Bonchev–Trinajstić information content (AvgIpc) is 2.87. The molecule has 0 aromatic carbocycles. The van der Waals surface area contributed by atoms with Gasteiger partial charge in [0.2, 0.25) is 5.22 Å². The molecule has 2 rings (SSSR count). The maximum absolute atomic E-state index is 11.8. The second-order valence-corrected chi connectivity index (χ2v) is 3.55. The van der Waals surface area contributed by atoms with Crippen LogP contribution in [-0.4, -0.2) is 15.7 Å². The number of hydrogen-bond donors (Lipinski definition) is 1. The molecule has 1 N–H and O–H groups in total. The van der Waals surface area contributed by atoms with Gasteiger partial charge in [0.05, 0.1) is 18.0 Å². The number of furan rings is 1. The summed E-state index contributed by atoms with van der Waals surface area (Å²) in [6, 6.07) is 3.37. The summed E-state index contributed by atoms with van der Waals surface area (Å²) in [5, 5.41) is 15.2. The van der Waals surface area contributed by atoms with Crippen molar-refractivity contribution in [1.82, 2.24) is 9.78 Å². The van der Waals surface area contributed by atoms with Gasteiger partial charge in [-0.2, -0.15) is 10.4 Å². The summed E-state index contributed by atoms with van der Waals surface area (Å²) >= 11 is 5.67. The van der Waals surface area contributed by atoms with E-state index in [4.69, 9.17) is 21.3 Å². The van der Waals surface area contributed by atoms with Crippen LogP contribution in [0, 0.1) is 11.3 Å². The molecular weight excluding hydrogens is 244 g/mol. The van der Waals surface area contributed by atoms with E-state index in [-0.39, 0.29) is 16.3 Å². The molecule has 0 aliphatic heterocycles. The van der Waals surface area contributed by atoms with E-state index >= 15 is 0 Å². The van der Waals surface area contributed by atoms with Crippen molar-refractivity contribution >= 4 is 23.3 Å². The first-order chi connectivity index (χ1) is 8.13. The number of nitrogens with one attached hydrogen (secondary N) is 1. The number of carbonyl (C=O) groups is 1. The number of nitrogens with zero attached hydrogens (tertiary/aromatic N) is 3. The predicted molar refractivity (Wildman–Crippen MR) is 59.6 cm³/mol. The molecule has 6 nitrogen and oxygen atoms in total. The van der Waals surface area contributed by atoms with E-state index in [1.165, 1.54) is 23.2 Å². The van der Waals surface area contributed by atoms with Crippen molar-refractivity contribution in [2.24, 2.45) is 7.05 Å². The quantitative estimate of drug-likeness (QED) is 0.881. The second kappa shape index (κ2) is 4.31. The Balaban J connectivity index is 2.28. The van der Waals surface area contributed by atoms with E-state index in [1.54, 1.807) is 7.05 Å². The smallest absolute Gasteiger partial charge is 0.261 e. The Morgan fingerprint density at radius 1 is 1.71 bits per heavy atom. The van der Waals surface area contributed by atoms with Crippen molar-refractivity contribution in [3.63, 3.8) is 0 Å². The molecule has 0 bridgehead atoms. The zero-order valence-corrected chi connectivity index (χ0v) is 9.52. The fourth-order valence-corrected chi connectivity index (χ4v) is 1.50. The van der Waals surface area contributed by atoms with Gasteiger partial charge >= 0.3 is 0 Å². The zero-order chi connectivity index (χ0) is 12.4. The summed E-state index contributed by atoms with van der Waals surface area (Å²) in [5.74, 6) is -0.140. The van der Waals surface area contributed by atoms with Crippen molar-refractivity contribution in [1.29, 1.82) is 5.26 Å². The number of nitriles is 1. The molecule has 1 amide bonds. The third-order valence-corrected chi connectivity index (χ3v) is 2.45. The van der Waals surface area contributed by atoms with Gasteiger partial charge in [-0.15, -0.1) is 0 Å².